The van der Waals surface area contributed by atoms with Gasteiger partial charge in [0.25, 0.3) is 0 Å². The van der Waals surface area contributed by atoms with E-state index < -0.39 is 6.10 Å². The number of pyridine rings is 1. The van der Waals surface area contributed by atoms with Crippen LogP contribution in [0.5, 0.6) is 0 Å². The highest BCUT2D eigenvalue weighted by molar-refractivity contribution is 6.37. The van der Waals surface area contributed by atoms with E-state index in [4.69, 9.17) is 23.2 Å². The Morgan fingerprint density at radius 3 is 2.32 bits per heavy atom. The van der Waals surface area contributed by atoms with Gasteiger partial charge in [0.2, 0.25) is 0 Å². The highest BCUT2D eigenvalue weighted by Gasteiger charge is 2.12. The van der Waals surface area contributed by atoms with Gasteiger partial charge in [-0.1, -0.05) is 44.0 Å². The topological polar surface area (TPSA) is 57.2 Å². The molecule has 0 aliphatic heterocycles. The number of hydrogen-bond acceptors (Lipinski definition) is 4. The molecule has 0 aromatic carbocycles. The van der Waals surface area contributed by atoms with Crippen LogP contribution in [0.4, 0.5) is 11.6 Å². The van der Waals surface area contributed by atoms with E-state index in [1.807, 2.05) is 13.8 Å². The number of aromatic nitrogens is 1. The summed E-state index contributed by atoms with van der Waals surface area (Å²) in [6.07, 6.45) is 0.538. The molecule has 1 rings (SSSR count). The zero-order valence-corrected chi connectivity index (χ0v) is 13.0. The van der Waals surface area contributed by atoms with Gasteiger partial charge in [-0.2, -0.15) is 0 Å². The van der Waals surface area contributed by atoms with Crippen LogP contribution >= 0.6 is 23.2 Å². The average molecular weight is 306 g/mol. The summed E-state index contributed by atoms with van der Waals surface area (Å²) in [5, 5.41) is 16.9. The minimum Gasteiger partial charge on any atom is -0.391 e. The number of rotatable bonds is 7. The first-order valence-electron chi connectivity index (χ1n) is 6.47. The summed E-state index contributed by atoms with van der Waals surface area (Å²) in [6, 6.07) is 1.65. The third kappa shape index (κ3) is 5.05. The molecule has 108 valence electrons. The van der Waals surface area contributed by atoms with Gasteiger partial charge in [0.1, 0.15) is 11.6 Å². The molecule has 1 heterocycles. The monoisotopic (exact) mass is 305 g/mol. The molecule has 1 unspecified atom stereocenters. The lowest BCUT2D eigenvalue weighted by atomic mass is 10.1. The fourth-order valence-electron chi connectivity index (χ4n) is 1.39. The molecule has 0 radical (unpaired) electrons. The third-order valence-corrected chi connectivity index (χ3v) is 3.30. The smallest absolute Gasteiger partial charge is 0.147 e. The molecule has 1 aromatic heterocycles. The van der Waals surface area contributed by atoms with Crippen molar-refractivity contribution in [2.24, 2.45) is 5.92 Å². The molecule has 4 nitrogen and oxygen atoms in total. The lowest BCUT2D eigenvalue weighted by molar-refractivity contribution is 0.138. The summed E-state index contributed by atoms with van der Waals surface area (Å²) < 4.78 is 0. The summed E-state index contributed by atoms with van der Waals surface area (Å²) in [7, 11) is 0. The Kier molecular flexibility index (Phi) is 6.69. The van der Waals surface area contributed by atoms with Crippen LogP contribution in [0.25, 0.3) is 0 Å². The van der Waals surface area contributed by atoms with Crippen molar-refractivity contribution in [3.63, 3.8) is 0 Å². The van der Waals surface area contributed by atoms with Crippen molar-refractivity contribution in [1.29, 1.82) is 0 Å². The largest absolute Gasteiger partial charge is 0.391 e. The van der Waals surface area contributed by atoms with E-state index in [-0.39, 0.29) is 5.92 Å². The Labute approximate surface area is 124 Å². The maximum Gasteiger partial charge on any atom is 0.147 e. The second kappa shape index (κ2) is 7.78. The van der Waals surface area contributed by atoms with Crippen molar-refractivity contribution in [3.8, 4) is 0 Å². The van der Waals surface area contributed by atoms with E-state index in [0.29, 0.717) is 28.2 Å². The van der Waals surface area contributed by atoms with Crippen molar-refractivity contribution in [1.82, 2.24) is 4.98 Å². The summed E-state index contributed by atoms with van der Waals surface area (Å²) in [6.45, 7) is 7.17. The Bertz CT molecular complexity index is 413. The fourth-order valence-corrected chi connectivity index (χ4v) is 1.89. The molecule has 0 saturated heterocycles. The van der Waals surface area contributed by atoms with Crippen LogP contribution in [0.3, 0.4) is 0 Å². The number of halogens is 2. The normalized spacial score (nSPS) is 12.6. The number of hydrogen-bond donors (Lipinski definition) is 3. The lowest BCUT2D eigenvalue weighted by Gasteiger charge is -2.17. The van der Waals surface area contributed by atoms with Crippen molar-refractivity contribution in [2.45, 2.75) is 33.3 Å². The summed E-state index contributed by atoms with van der Waals surface area (Å²) in [5.74, 6) is 1.31. The first kappa shape index (κ1) is 16.3. The summed E-state index contributed by atoms with van der Waals surface area (Å²) in [5.41, 5.74) is 0. The van der Waals surface area contributed by atoms with E-state index >= 15 is 0 Å². The maximum absolute atomic E-state index is 9.77. The molecule has 0 aliphatic carbocycles. The van der Waals surface area contributed by atoms with Gasteiger partial charge >= 0.3 is 0 Å². The van der Waals surface area contributed by atoms with Crippen LogP contribution in [0.1, 0.15) is 27.2 Å². The van der Waals surface area contributed by atoms with E-state index in [0.717, 1.165) is 13.0 Å². The Morgan fingerprint density at radius 1 is 1.21 bits per heavy atom. The van der Waals surface area contributed by atoms with Gasteiger partial charge in [0, 0.05) is 13.1 Å². The van der Waals surface area contributed by atoms with Crippen LogP contribution in [0.2, 0.25) is 10.0 Å². The molecule has 1 aromatic rings. The molecule has 0 saturated carbocycles. The number of aliphatic hydroxyl groups excluding tert-OH is 1. The minimum absolute atomic E-state index is 0.177. The first-order chi connectivity index (χ1) is 8.95. The number of anilines is 2. The standard InChI is InChI=1S/C13H21Cl2N3O/c1-4-5-16-12-9(14)6-10(15)13(18-12)17-7-11(19)8(2)3/h6,8,11,19H,4-5,7H2,1-3H3,(H2,16,17,18). The average Bonchev–Trinajstić information content (AvgIpc) is 2.36. The second-order valence-corrected chi connectivity index (χ2v) is 5.58. The molecule has 1 atom stereocenters. The quantitative estimate of drug-likeness (QED) is 0.720. The minimum atomic E-state index is -0.444. The van der Waals surface area contributed by atoms with Gasteiger partial charge in [-0.25, -0.2) is 4.98 Å². The zero-order chi connectivity index (χ0) is 14.4. The maximum atomic E-state index is 9.77. The molecule has 3 N–H and O–H groups in total. The lowest BCUT2D eigenvalue weighted by Crippen LogP contribution is -2.25. The molecule has 0 amide bonds. The fraction of sp³-hybridized carbons (Fsp3) is 0.615. The van der Waals surface area contributed by atoms with Crippen LogP contribution in [-0.4, -0.2) is 29.3 Å². The van der Waals surface area contributed by atoms with Crippen molar-refractivity contribution in [3.05, 3.63) is 16.1 Å². The number of nitrogens with one attached hydrogen (secondary N) is 2. The van der Waals surface area contributed by atoms with Gasteiger partial charge in [0.05, 0.1) is 16.1 Å². The molecule has 0 spiro atoms. The molecule has 0 bridgehead atoms. The highest BCUT2D eigenvalue weighted by Crippen LogP contribution is 2.29. The molecule has 0 aliphatic rings. The first-order valence-corrected chi connectivity index (χ1v) is 7.23. The van der Waals surface area contributed by atoms with Crippen LogP contribution in [0, 0.1) is 5.92 Å². The Morgan fingerprint density at radius 2 is 1.79 bits per heavy atom. The molecule has 19 heavy (non-hydrogen) atoms. The van der Waals surface area contributed by atoms with Gasteiger partial charge < -0.3 is 15.7 Å². The number of nitrogens with zero attached hydrogens (tertiary/aromatic N) is 1. The van der Waals surface area contributed by atoms with Crippen molar-refractivity contribution < 1.29 is 5.11 Å². The van der Waals surface area contributed by atoms with Crippen LogP contribution in [-0.2, 0) is 0 Å². The van der Waals surface area contributed by atoms with Gasteiger partial charge in [-0.3, -0.25) is 0 Å². The number of aliphatic hydroxyl groups is 1. The third-order valence-electron chi connectivity index (χ3n) is 2.72. The van der Waals surface area contributed by atoms with Crippen molar-refractivity contribution >= 4 is 34.8 Å². The predicted molar refractivity (Wildman–Crippen MR) is 82.4 cm³/mol. The van der Waals surface area contributed by atoms with Gasteiger partial charge in [-0.05, 0) is 18.4 Å². The summed E-state index contributed by atoms with van der Waals surface area (Å²) in [4.78, 5) is 4.34. The Hall–Kier alpha value is -0.710. The van der Waals surface area contributed by atoms with Gasteiger partial charge in [0.15, 0.2) is 0 Å². The molecular weight excluding hydrogens is 285 g/mol. The second-order valence-electron chi connectivity index (χ2n) is 4.77. The highest BCUT2D eigenvalue weighted by atomic mass is 35.5. The van der Waals surface area contributed by atoms with Crippen LogP contribution in [0.15, 0.2) is 6.07 Å². The van der Waals surface area contributed by atoms with Gasteiger partial charge in [-0.15, -0.1) is 0 Å². The summed E-state index contributed by atoms with van der Waals surface area (Å²) >= 11 is 12.1. The van der Waals surface area contributed by atoms with Crippen LogP contribution < -0.4 is 10.6 Å². The SMILES string of the molecule is CCCNc1nc(NCC(O)C(C)C)c(Cl)cc1Cl. The molecule has 0 fully saturated rings. The van der Waals surface area contributed by atoms with Crippen molar-refractivity contribution in [2.75, 3.05) is 23.7 Å². The predicted octanol–water partition coefficient (Wildman–Crippen LogP) is 3.64. The molecule has 6 heteroatoms. The van der Waals surface area contributed by atoms with E-state index in [1.54, 1.807) is 6.07 Å². The molecular formula is C13H21Cl2N3O. The van der Waals surface area contributed by atoms with E-state index in [9.17, 15) is 5.11 Å². The zero-order valence-electron chi connectivity index (χ0n) is 11.5. The van der Waals surface area contributed by atoms with E-state index in [1.165, 1.54) is 0 Å². The Balaban J connectivity index is 2.76. The van der Waals surface area contributed by atoms with E-state index in [2.05, 4.69) is 22.5 Å².